The zero-order chi connectivity index (χ0) is 30.8. The smallest absolute Gasteiger partial charge is 0.0729 e. The van der Waals surface area contributed by atoms with E-state index in [-0.39, 0.29) is 11.5 Å². The molecule has 0 aliphatic heterocycles. The van der Waals surface area contributed by atoms with Gasteiger partial charge in [0, 0.05) is 5.92 Å². The molecule has 1 nitrogen and oxygen atoms in total. The highest BCUT2D eigenvalue weighted by molar-refractivity contribution is 5.33. The lowest BCUT2D eigenvalue weighted by molar-refractivity contribution is 0.117. The van der Waals surface area contributed by atoms with E-state index in [4.69, 9.17) is 0 Å². The summed E-state index contributed by atoms with van der Waals surface area (Å²) in [5.41, 5.74) is 8.95. The van der Waals surface area contributed by atoms with Crippen molar-refractivity contribution in [2.75, 3.05) is 0 Å². The van der Waals surface area contributed by atoms with E-state index >= 15 is 0 Å². The molecule has 0 bridgehead atoms. The Labute approximate surface area is 252 Å². The quantitative estimate of drug-likeness (QED) is 0.178. The summed E-state index contributed by atoms with van der Waals surface area (Å²) in [5, 5.41) is 10.1. The summed E-state index contributed by atoms with van der Waals surface area (Å²) in [4.78, 5) is 0. The normalized spacial score (nSPS) is 21.7. The first-order chi connectivity index (χ1) is 19.3. The van der Waals surface area contributed by atoms with E-state index in [2.05, 4.69) is 166 Å². The average Bonchev–Trinajstić information content (AvgIpc) is 2.85. The maximum Gasteiger partial charge on any atom is 0.0729 e. The maximum absolute atomic E-state index is 10.1. The van der Waals surface area contributed by atoms with Crippen LogP contribution in [0.4, 0.5) is 0 Å². The molecule has 1 aliphatic rings. The third-order valence-corrected chi connectivity index (χ3v) is 7.17. The Balaban J connectivity index is 2.59. The van der Waals surface area contributed by atoms with Gasteiger partial charge in [0.2, 0.25) is 0 Å². The summed E-state index contributed by atoms with van der Waals surface area (Å²) >= 11 is 0. The highest BCUT2D eigenvalue weighted by Gasteiger charge is 2.34. The van der Waals surface area contributed by atoms with Crippen molar-refractivity contribution >= 4 is 0 Å². The molecule has 1 aliphatic carbocycles. The average molecular weight is 553 g/mol. The Morgan fingerprint density at radius 1 is 0.732 bits per heavy atom. The van der Waals surface area contributed by atoms with Crippen LogP contribution in [0.25, 0.3) is 0 Å². The Morgan fingerprint density at radius 2 is 1.20 bits per heavy atom. The van der Waals surface area contributed by atoms with Crippen LogP contribution >= 0.6 is 0 Å². The molecule has 1 N–H and O–H groups in total. The van der Waals surface area contributed by atoms with Gasteiger partial charge < -0.3 is 5.11 Å². The lowest BCUT2D eigenvalue weighted by Crippen LogP contribution is -2.32. The summed E-state index contributed by atoms with van der Waals surface area (Å²) in [7, 11) is 0. The van der Waals surface area contributed by atoms with E-state index in [0.29, 0.717) is 5.92 Å². The zero-order valence-corrected chi connectivity index (χ0v) is 27.5. The minimum absolute atomic E-state index is 0.0635. The topological polar surface area (TPSA) is 20.2 Å². The predicted molar refractivity (Wildman–Crippen MR) is 185 cm³/mol. The van der Waals surface area contributed by atoms with E-state index in [1.807, 2.05) is 6.08 Å². The molecule has 1 unspecified atom stereocenters. The van der Waals surface area contributed by atoms with E-state index in [1.54, 1.807) is 0 Å². The number of allylic oxidation sites excluding steroid dienone is 23. The molecule has 0 heterocycles. The predicted octanol–water partition coefficient (Wildman–Crippen LogP) is 11.6. The highest BCUT2D eigenvalue weighted by Crippen LogP contribution is 2.41. The molecule has 0 fully saturated rings. The van der Waals surface area contributed by atoms with Crippen molar-refractivity contribution in [3.8, 4) is 0 Å². The first kappa shape index (κ1) is 35.9. The number of hydrogen-bond donors (Lipinski definition) is 1. The van der Waals surface area contributed by atoms with Crippen LogP contribution in [-0.4, -0.2) is 11.2 Å². The Kier molecular flexibility index (Phi) is 16.7. The molecule has 0 saturated heterocycles. The van der Waals surface area contributed by atoms with E-state index in [1.165, 1.54) is 39.0 Å². The molecule has 1 rings (SSSR count). The van der Waals surface area contributed by atoms with Crippen molar-refractivity contribution < 1.29 is 5.11 Å². The lowest BCUT2D eigenvalue weighted by Gasteiger charge is -2.38. The molecule has 0 spiro atoms. The highest BCUT2D eigenvalue weighted by atomic mass is 16.3. The van der Waals surface area contributed by atoms with Gasteiger partial charge in [-0.3, -0.25) is 0 Å². The third-order valence-electron chi connectivity index (χ3n) is 7.17. The first-order valence-electron chi connectivity index (χ1n) is 15.0. The number of hydrogen-bond acceptors (Lipinski definition) is 1. The Morgan fingerprint density at radius 3 is 1.68 bits per heavy atom. The number of aliphatic hydroxyl groups excluding tert-OH is 1. The molecule has 0 radical (unpaired) electrons. The molecule has 222 valence electrons. The molecule has 2 atom stereocenters. The second-order valence-corrected chi connectivity index (χ2v) is 12.4. The number of aliphatic hydroxyl groups is 1. The Bertz CT molecular complexity index is 1200. The van der Waals surface area contributed by atoms with Crippen LogP contribution in [-0.2, 0) is 0 Å². The minimum Gasteiger partial charge on any atom is -0.389 e. The molecule has 0 aromatic carbocycles. The van der Waals surface area contributed by atoms with Crippen LogP contribution in [0.1, 0.15) is 88.5 Å². The summed E-state index contributed by atoms with van der Waals surface area (Å²) in [6.45, 7) is 21.6. The molecule has 0 amide bonds. The van der Waals surface area contributed by atoms with Crippen molar-refractivity contribution in [1.29, 1.82) is 0 Å². The summed E-state index contributed by atoms with van der Waals surface area (Å²) in [6, 6.07) is 0. The largest absolute Gasteiger partial charge is 0.389 e. The lowest BCUT2D eigenvalue weighted by atomic mass is 9.67. The van der Waals surface area contributed by atoms with Crippen LogP contribution in [0.2, 0.25) is 0 Å². The van der Waals surface area contributed by atoms with E-state index in [0.717, 1.165) is 19.3 Å². The monoisotopic (exact) mass is 552 g/mol. The standard InChI is InChI=1S/C40H56O/c1-31(2)17-13-20-34(5)23-15-25-35(6)24-14-21-32(3)18-11-12-19-33(4)22-16-26-36(7)27-28-39-37(8)29-38(41)30-40(39,9)10/h11-12,14-19,21-29,38-39,41H,13,20,30H2,1-10H3/b12-11+,21-14+,22-16+,25-15+,28-27+,32-18+,33-19+,34-23+,35-24+,36-26+/t38?,39-/m0/s1. The van der Waals surface area contributed by atoms with Gasteiger partial charge in [0.15, 0.2) is 0 Å². The molecule has 0 aromatic rings. The maximum atomic E-state index is 10.1. The van der Waals surface area contributed by atoms with Crippen LogP contribution < -0.4 is 0 Å². The second-order valence-electron chi connectivity index (χ2n) is 12.4. The van der Waals surface area contributed by atoms with Gasteiger partial charge in [-0.1, -0.05) is 156 Å². The second kappa shape index (κ2) is 19.1. The fourth-order valence-electron chi connectivity index (χ4n) is 4.78. The molecule has 0 aromatic heterocycles. The zero-order valence-electron chi connectivity index (χ0n) is 27.5. The Hall–Kier alpha value is -3.16. The fraction of sp³-hybridized carbons (Fsp3) is 0.400. The fourth-order valence-corrected chi connectivity index (χ4v) is 4.78. The van der Waals surface area contributed by atoms with Crippen molar-refractivity contribution in [1.82, 2.24) is 0 Å². The van der Waals surface area contributed by atoms with E-state index in [9.17, 15) is 5.11 Å². The minimum atomic E-state index is -0.326. The van der Waals surface area contributed by atoms with Crippen LogP contribution in [0.15, 0.2) is 142 Å². The summed E-state index contributed by atoms with van der Waals surface area (Å²) < 4.78 is 0. The van der Waals surface area contributed by atoms with Gasteiger partial charge in [-0.2, -0.15) is 0 Å². The van der Waals surface area contributed by atoms with E-state index < -0.39 is 0 Å². The third kappa shape index (κ3) is 16.6. The van der Waals surface area contributed by atoms with Crippen molar-refractivity contribution in [3.05, 3.63) is 142 Å². The van der Waals surface area contributed by atoms with Crippen LogP contribution in [0, 0.1) is 11.3 Å². The van der Waals surface area contributed by atoms with Gasteiger partial charge in [-0.25, -0.2) is 0 Å². The number of rotatable bonds is 13. The molecule has 1 heteroatoms. The molecule has 41 heavy (non-hydrogen) atoms. The SMILES string of the molecule is CC(C)=CCC/C(C)=C/C=C/C(C)=C/C=C/C(C)=C/C=C/C=C(C)/C=C/C=C(C)/C=C/[C@H]1C(C)=CC(O)CC1(C)C. The van der Waals surface area contributed by atoms with Gasteiger partial charge in [-0.05, 0) is 80.1 Å². The first-order valence-corrected chi connectivity index (χ1v) is 15.0. The van der Waals surface area contributed by atoms with Crippen LogP contribution in [0.3, 0.4) is 0 Å². The van der Waals surface area contributed by atoms with Gasteiger partial charge in [0.25, 0.3) is 0 Å². The van der Waals surface area contributed by atoms with Gasteiger partial charge in [0.1, 0.15) is 0 Å². The summed E-state index contributed by atoms with van der Waals surface area (Å²) in [5.74, 6) is 0.354. The van der Waals surface area contributed by atoms with Crippen molar-refractivity contribution in [2.45, 2.75) is 94.6 Å². The van der Waals surface area contributed by atoms with Gasteiger partial charge in [-0.15, -0.1) is 0 Å². The summed E-state index contributed by atoms with van der Waals surface area (Å²) in [6.07, 6.45) is 39.1. The van der Waals surface area contributed by atoms with Gasteiger partial charge in [0.05, 0.1) is 6.10 Å². The van der Waals surface area contributed by atoms with Crippen molar-refractivity contribution in [3.63, 3.8) is 0 Å². The van der Waals surface area contributed by atoms with Crippen molar-refractivity contribution in [2.24, 2.45) is 11.3 Å². The molecular formula is C40H56O. The molecule has 0 saturated carbocycles. The van der Waals surface area contributed by atoms with Crippen LogP contribution in [0.5, 0.6) is 0 Å². The molecular weight excluding hydrogens is 496 g/mol. The van der Waals surface area contributed by atoms with Gasteiger partial charge >= 0.3 is 0 Å².